The minimum absolute atomic E-state index is 0.00861. The van der Waals surface area contributed by atoms with E-state index >= 15 is 0 Å². The Kier molecular flexibility index (Phi) is 4.63. The molecule has 1 unspecified atom stereocenters. The Morgan fingerprint density at radius 3 is 2.79 bits per heavy atom. The molecular weight excluding hydrogens is 246 g/mol. The highest BCUT2D eigenvalue weighted by Crippen LogP contribution is 2.30. The van der Waals surface area contributed by atoms with Crippen LogP contribution in [-0.2, 0) is 0 Å². The highest BCUT2D eigenvalue weighted by Gasteiger charge is 2.16. The predicted octanol–water partition coefficient (Wildman–Crippen LogP) is 1.35. The molecule has 1 aromatic rings. The summed E-state index contributed by atoms with van der Waals surface area (Å²) >= 11 is 0. The number of hydrogen-bond acceptors (Lipinski definition) is 4. The van der Waals surface area contributed by atoms with Crippen molar-refractivity contribution >= 4 is 5.91 Å². The lowest BCUT2D eigenvalue weighted by Crippen LogP contribution is -2.35. The van der Waals surface area contributed by atoms with Gasteiger partial charge in [0, 0.05) is 18.2 Å². The Hall–Kier alpha value is -1.75. The first-order chi connectivity index (χ1) is 9.24. The molecule has 1 atom stereocenters. The SMILES string of the molecule is CCC(CCO)NC(=O)c1ccc2c(c1)OCCO2. The van der Waals surface area contributed by atoms with Crippen LogP contribution in [0.5, 0.6) is 11.5 Å². The van der Waals surface area contributed by atoms with Crippen LogP contribution < -0.4 is 14.8 Å². The van der Waals surface area contributed by atoms with Crippen molar-refractivity contribution in [1.82, 2.24) is 5.32 Å². The molecule has 1 aromatic carbocycles. The van der Waals surface area contributed by atoms with Crippen LogP contribution in [0.3, 0.4) is 0 Å². The van der Waals surface area contributed by atoms with Crippen LogP contribution in [0.2, 0.25) is 0 Å². The summed E-state index contributed by atoms with van der Waals surface area (Å²) in [7, 11) is 0. The number of amides is 1. The number of aliphatic hydroxyl groups is 1. The van der Waals surface area contributed by atoms with Crippen LogP contribution >= 0.6 is 0 Å². The third kappa shape index (κ3) is 3.38. The molecule has 19 heavy (non-hydrogen) atoms. The van der Waals surface area contributed by atoms with E-state index in [9.17, 15) is 4.79 Å². The van der Waals surface area contributed by atoms with Crippen molar-refractivity contribution in [2.75, 3.05) is 19.8 Å². The van der Waals surface area contributed by atoms with Crippen molar-refractivity contribution in [3.8, 4) is 11.5 Å². The molecule has 0 saturated heterocycles. The van der Waals surface area contributed by atoms with Crippen molar-refractivity contribution in [1.29, 1.82) is 0 Å². The van der Waals surface area contributed by atoms with Gasteiger partial charge in [-0.25, -0.2) is 0 Å². The summed E-state index contributed by atoms with van der Waals surface area (Å²) in [6.45, 7) is 3.08. The van der Waals surface area contributed by atoms with Gasteiger partial charge >= 0.3 is 0 Å². The van der Waals surface area contributed by atoms with Crippen LogP contribution in [0.25, 0.3) is 0 Å². The molecular formula is C14H19NO4. The minimum Gasteiger partial charge on any atom is -0.486 e. The molecule has 0 aromatic heterocycles. The maximum Gasteiger partial charge on any atom is 0.251 e. The molecule has 0 radical (unpaired) electrons. The first-order valence-electron chi connectivity index (χ1n) is 6.56. The number of aliphatic hydroxyl groups excluding tert-OH is 1. The molecule has 5 heteroatoms. The molecule has 104 valence electrons. The molecule has 1 amide bonds. The summed E-state index contributed by atoms with van der Waals surface area (Å²) in [5.41, 5.74) is 0.542. The topological polar surface area (TPSA) is 67.8 Å². The molecule has 1 aliphatic heterocycles. The third-order valence-electron chi connectivity index (χ3n) is 3.11. The number of rotatable bonds is 5. The molecule has 1 aliphatic rings. The van der Waals surface area contributed by atoms with E-state index in [1.54, 1.807) is 18.2 Å². The van der Waals surface area contributed by atoms with Gasteiger partial charge in [-0.3, -0.25) is 4.79 Å². The van der Waals surface area contributed by atoms with Crippen LogP contribution in [0.15, 0.2) is 18.2 Å². The maximum atomic E-state index is 12.1. The maximum absolute atomic E-state index is 12.1. The summed E-state index contributed by atoms with van der Waals surface area (Å²) in [6.07, 6.45) is 1.35. The fourth-order valence-corrected chi connectivity index (χ4v) is 1.99. The molecule has 5 nitrogen and oxygen atoms in total. The van der Waals surface area contributed by atoms with E-state index < -0.39 is 0 Å². The zero-order valence-corrected chi connectivity index (χ0v) is 11.0. The van der Waals surface area contributed by atoms with E-state index in [1.165, 1.54) is 0 Å². The van der Waals surface area contributed by atoms with Crippen molar-refractivity contribution in [3.05, 3.63) is 23.8 Å². The predicted molar refractivity (Wildman–Crippen MR) is 70.7 cm³/mol. The molecule has 0 spiro atoms. The number of carbonyl (C=O) groups is 1. The first-order valence-corrected chi connectivity index (χ1v) is 6.56. The molecule has 0 fully saturated rings. The van der Waals surface area contributed by atoms with Gasteiger partial charge in [-0.2, -0.15) is 0 Å². The summed E-state index contributed by atoms with van der Waals surface area (Å²) in [4.78, 5) is 12.1. The number of ether oxygens (including phenoxy) is 2. The Bertz CT molecular complexity index is 447. The quantitative estimate of drug-likeness (QED) is 0.843. The van der Waals surface area contributed by atoms with E-state index in [4.69, 9.17) is 14.6 Å². The summed E-state index contributed by atoms with van der Waals surface area (Å²) in [5, 5.41) is 11.8. The van der Waals surface area contributed by atoms with Crippen molar-refractivity contribution < 1.29 is 19.4 Å². The van der Waals surface area contributed by atoms with Gasteiger partial charge in [-0.1, -0.05) is 6.92 Å². The summed E-state index contributed by atoms with van der Waals surface area (Å²) in [5.74, 6) is 1.12. The van der Waals surface area contributed by atoms with Gasteiger partial charge in [0.1, 0.15) is 13.2 Å². The number of hydrogen-bond donors (Lipinski definition) is 2. The minimum atomic E-state index is -0.155. The Morgan fingerprint density at radius 1 is 1.37 bits per heavy atom. The van der Waals surface area contributed by atoms with Gasteiger partial charge < -0.3 is 19.9 Å². The number of nitrogens with one attached hydrogen (secondary N) is 1. The molecule has 1 heterocycles. The van der Waals surface area contributed by atoms with Crippen molar-refractivity contribution in [2.24, 2.45) is 0 Å². The zero-order chi connectivity index (χ0) is 13.7. The second-order valence-electron chi connectivity index (χ2n) is 4.45. The smallest absolute Gasteiger partial charge is 0.251 e. The summed E-state index contributed by atoms with van der Waals surface area (Å²) < 4.78 is 10.9. The lowest BCUT2D eigenvalue weighted by atomic mass is 10.1. The largest absolute Gasteiger partial charge is 0.486 e. The van der Waals surface area contributed by atoms with Crippen LogP contribution in [0.4, 0.5) is 0 Å². The Labute approximate surface area is 112 Å². The van der Waals surface area contributed by atoms with Gasteiger partial charge in [0.05, 0.1) is 0 Å². The van der Waals surface area contributed by atoms with Gasteiger partial charge in [-0.05, 0) is 31.0 Å². The number of fused-ring (bicyclic) bond motifs is 1. The monoisotopic (exact) mass is 265 g/mol. The highest BCUT2D eigenvalue weighted by atomic mass is 16.6. The van der Waals surface area contributed by atoms with E-state index in [1.807, 2.05) is 6.92 Å². The Morgan fingerprint density at radius 2 is 2.11 bits per heavy atom. The van der Waals surface area contributed by atoms with Gasteiger partial charge in [0.2, 0.25) is 0 Å². The molecule has 0 saturated carbocycles. The Balaban J connectivity index is 2.06. The fourth-order valence-electron chi connectivity index (χ4n) is 1.99. The van der Waals surface area contributed by atoms with E-state index in [0.29, 0.717) is 36.7 Å². The van der Waals surface area contributed by atoms with Crippen molar-refractivity contribution in [3.63, 3.8) is 0 Å². The van der Waals surface area contributed by atoms with E-state index in [2.05, 4.69) is 5.32 Å². The number of carbonyl (C=O) groups excluding carboxylic acids is 1. The van der Waals surface area contributed by atoms with Crippen LogP contribution in [-0.4, -0.2) is 36.9 Å². The second kappa shape index (κ2) is 6.43. The third-order valence-corrected chi connectivity index (χ3v) is 3.11. The lowest BCUT2D eigenvalue weighted by Gasteiger charge is -2.20. The first kappa shape index (κ1) is 13.7. The van der Waals surface area contributed by atoms with Crippen LogP contribution in [0.1, 0.15) is 30.1 Å². The molecule has 2 rings (SSSR count). The van der Waals surface area contributed by atoms with E-state index in [0.717, 1.165) is 6.42 Å². The highest BCUT2D eigenvalue weighted by molar-refractivity contribution is 5.95. The fraction of sp³-hybridized carbons (Fsp3) is 0.500. The average molecular weight is 265 g/mol. The average Bonchev–Trinajstić information content (AvgIpc) is 2.46. The van der Waals surface area contributed by atoms with E-state index in [-0.39, 0.29) is 18.6 Å². The standard InChI is InChI=1S/C14H19NO4/c1-2-11(5-6-16)15-14(17)10-3-4-12-13(9-10)19-8-7-18-12/h3-4,9,11,16H,2,5-8H2,1H3,(H,15,17). The summed E-state index contributed by atoms with van der Waals surface area (Å²) in [6, 6.07) is 5.14. The molecule has 0 bridgehead atoms. The van der Waals surface area contributed by atoms with Gasteiger partial charge in [0.15, 0.2) is 11.5 Å². The normalized spacial score (nSPS) is 14.8. The molecule has 0 aliphatic carbocycles. The number of benzene rings is 1. The van der Waals surface area contributed by atoms with Gasteiger partial charge in [-0.15, -0.1) is 0 Å². The zero-order valence-electron chi connectivity index (χ0n) is 11.0. The van der Waals surface area contributed by atoms with Crippen molar-refractivity contribution in [2.45, 2.75) is 25.8 Å². The van der Waals surface area contributed by atoms with Gasteiger partial charge in [0.25, 0.3) is 5.91 Å². The lowest BCUT2D eigenvalue weighted by molar-refractivity contribution is 0.0928. The second-order valence-corrected chi connectivity index (χ2v) is 4.45. The molecule has 2 N–H and O–H groups in total. The van der Waals surface area contributed by atoms with Crippen LogP contribution in [0, 0.1) is 0 Å².